The number of ether oxygens (including phenoxy) is 2. The highest BCUT2D eigenvalue weighted by Gasteiger charge is 2.45. The molecule has 3 heterocycles. The van der Waals surface area contributed by atoms with Gasteiger partial charge in [-0.2, -0.15) is 38.2 Å². The number of hydrogen-bond acceptors (Lipinski definition) is 12. The van der Waals surface area contributed by atoms with Crippen LogP contribution in [-0.4, -0.2) is 104 Å². The minimum absolute atomic E-state index is 0.000141. The maximum absolute atomic E-state index is 12.2. The van der Waals surface area contributed by atoms with Gasteiger partial charge in [0.1, 0.15) is 18.9 Å². The molecule has 6 rings (SSSR count). The summed E-state index contributed by atoms with van der Waals surface area (Å²) in [7, 11) is -17.6. The van der Waals surface area contributed by atoms with Crippen molar-refractivity contribution in [2.45, 2.75) is 86.8 Å². The topological polar surface area (TPSA) is 279 Å². The Balaban J connectivity index is 1.45. The zero-order valence-electron chi connectivity index (χ0n) is 37.1. The summed E-state index contributed by atoms with van der Waals surface area (Å²) in [5, 5.41) is 9.19. The number of rotatable bonds is 20. The van der Waals surface area contributed by atoms with Crippen LogP contribution in [0.15, 0.2) is 118 Å². The summed E-state index contributed by atoms with van der Waals surface area (Å²) in [6, 6.07) is 15.3. The molecule has 0 fully saturated rings. The zero-order valence-corrected chi connectivity index (χ0v) is 40.4. The Bertz CT molecular complexity index is 3080. The monoisotopic (exact) mass is 1010 g/mol. The van der Waals surface area contributed by atoms with Crippen molar-refractivity contribution >= 4 is 63.5 Å². The Kier molecular flexibility index (Phi) is 14.8. The number of fused-ring (bicyclic) bond motifs is 2. The highest BCUT2D eigenvalue weighted by molar-refractivity contribution is 7.86. The molecule has 0 bridgehead atoms. The lowest BCUT2D eigenvalue weighted by molar-refractivity contribution is -0.438. The first kappa shape index (κ1) is 51.2. The number of allylic oxidation sites excluding steroid dienone is 4. The van der Waals surface area contributed by atoms with Crippen molar-refractivity contribution in [2.75, 3.05) is 36.1 Å². The van der Waals surface area contributed by atoms with Crippen LogP contribution in [0.4, 0.5) is 11.4 Å². The van der Waals surface area contributed by atoms with Gasteiger partial charge in [0.05, 0.1) is 26.7 Å². The molecule has 0 radical (unpaired) electrons. The average Bonchev–Trinajstić information content (AvgIpc) is 3.77. The van der Waals surface area contributed by atoms with E-state index in [0.717, 1.165) is 5.56 Å². The minimum Gasteiger partial charge on any atom is -0.485 e. The van der Waals surface area contributed by atoms with Crippen LogP contribution >= 0.6 is 0 Å². The fourth-order valence-electron chi connectivity index (χ4n) is 8.46. The van der Waals surface area contributed by atoms with Crippen LogP contribution in [0.3, 0.4) is 0 Å². The summed E-state index contributed by atoms with van der Waals surface area (Å²) >= 11 is 0. The zero-order chi connectivity index (χ0) is 49.3. The molecule has 0 spiro atoms. The van der Waals surface area contributed by atoms with Gasteiger partial charge in [0.25, 0.3) is 40.5 Å². The number of aliphatic carboxylic acids is 1. The second kappa shape index (κ2) is 19.4. The molecule has 3 aromatic rings. The van der Waals surface area contributed by atoms with Crippen LogP contribution in [0, 0.1) is 0 Å². The van der Waals surface area contributed by atoms with Gasteiger partial charge in [0.15, 0.2) is 17.2 Å². The molecule has 3 aliphatic heterocycles. The Morgan fingerprint density at radius 2 is 1.34 bits per heavy atom. The lowest BCUT2D eigenvalue weighted by Gasteiger charge is -2.27. The molecule has 0 atom stereocenters. The molecule has 362 valence electrons. The largest absolute Gasteiger partial charge is 0.485 e. The van der Waals surface area contributed by atoms with E-state index in [9.17, 15) is 61.8 Å². The maximum atomic E-state index is 12.2. The smallest absolute Gasteiger partial charge is 0.303 e. The van der Waals surface area contributed by atoms with Crippen LogP contribution in [0.5, 0.6) is 5.75 Å². The number of carbonyl (C=O) groups is 1. The van der Waals surface area contributed by atoms with Gasteiger partial charge in [-0.05, 0) is 111 Å². The molecule has 18 nitrogen and oxygen atoms in total. The SMILES string of the molecule is CC1(C)C(/C=C/C2=C(Oc3ccc(CCC(=O)O)cc3)C(=C/C=C3/N(CCCCS(=O)(=O)O)c4ccc(S(=O)(=O)O)cc4C3(C)C)/OC2)=[N+](CCCCS(=O)(=O)O)c2ccc(S(=O)(=O)O)cc21. The van der Waals surface area contributed by atoms with Gasteiger partial charge in [0.2, 0.25) is 5.69 Å². The predicted octanol–water partition coefficient (Wildman–Crippen LogP) is 6.39. The Labute approximate surface area is 390 Å². The number of aryl methyl sites for hydroxylation is 1. The van der Waals surface area contributed by atoms with E-state index in [1.54, 1.807) is 54.6 Å². The van der Waals surface area contributed by atoms with Gasteiger partial charge >= 0.3 is 5.97 Å². The normalized spacial score (nSPS) is 18.3. The molecule has 3 aromatic carbocycles. The molecule has 0 saturated carbocycles. The molecule has 22 heteroatoms. The van der Waals surface area contributed by atoms with Crippen molar-refractivity contribution in [1.82, 2.24) is 0 Å². The number of nitrogens with zero attached hydrogens (tertiary/aromatic N) is 2. The third-order valence-electron chi connectivity index (χ3n) is 11.9. The van der Waals surface area contributed by atoms with Crippen LogP contribution in [-0.2, 0) is 67.3 Å². The molecule has 0 aliphatic carbocycles. The number of carboxylic acids is 1. The van der Waals surface area contributed by atoms with E-state index < -0.39 is 68.8 Å². The molecule has 0 saturated heterocycles. The second-order valence-electron chi connectivity index (χ2n) is 17.4. The molecular weight excluding hydrogens is 953 g/mol. The first-order valence-corrected chi connectivity index (χ1v) is 27.2. The van der Waals surface area contributed by atoms with E-state index in [2.05, 4.69) is 0 Å². The highest BCUT2D eigenvalue weighted by atomic mass is 32.2. The number of unbranched alkanes of at least 4 members (excludes halogenated alkanes) is 2. The highest BCUT2D eigenvalue weighted by Crippen LogP contribution is 2.49. The molecule has 0 unspecified atom stereocenters. The van der Waals surface area contributed by atoms with E-state index >= 15 is 0 Å². The Morgan fingerprint density at radius 1 is 0.746 bits per heavy atom. The van der Waals surface area contributed by atoms with E-state index in [1.165, 1.54) is 24.3 Å². The molecule has 0 amide bonds. The Morgan fingerprint density at radius 3 is 1.94 bits per heavy atom. The van der Waals surface area contributed by atoms with Gasteiger partial charge in [-0.1, -0.05) is 26.0 Å². The third-order valence-corrected chi connectivity index (χ3v) is 15.2. The second-order valence-corrected chi connectivity index (χ2v) is 23.4. The van der Waals surface area contributed by atoms with Crippen molar-refractivity contribution in [3.8, 4) is 5.75 Å². The fraction of sp³-hybridized carbons (Fsp3) is 0.378. The number of hydrogen-bond donors (Lipinski definition) is 5. The first-order chi connectivity index (χ1) is 31.1. The van der Waals surface area contributed by atoms with E-state index in [4.69, 9.17) is 9.47 Å². The fourth-order valence-corrected chi connectivity index (χ4v) is 10.6. The van der Waals surface area contributed by atoms with Crippen molar-refractivity contribution in [3.05, 3.63) is 124 Å². The van der Waals surface area contributed by atoms with Gasteiger partial charge in [-0.3, -0.25) is 23.0 Å². The molecule has 5 N–H and O–H groups in total. The predicted molar refractivity (Wildman–Crippen MR) is 248 cm³/mol. The van der Waals surface area contributed by atoms with Crippen molar-refractivity contribution < 1.29 is 75.8 Å². The van der Waals surface area contributed by atoms with E-state index in [0.29, 0.717) is 64.5 Å². The van der Waals surface area contributed by atoms with E-state index in [-0.39, 0.29) is 60.3 Å². The minimum atomic E-state index is -4.57. The molecule has 67 heavy (non-hydrogen) atoms. The maximum Gasteiger partial charge on any atom is 0.303 e. The van der Waals surface area contributed by atoms with Crippen molar-refractivity contribution in [3.63, 3.8) is 0 Å². The van der Waals surface area contributed by atoms with Gasteiger partial charge in [-0.25, -0.2) is 0 Å². The number of carboxylic acid groups (broad SMARTS) is 1. The molecular formula is C45H53N2O16S4+. The number of benzene rings is 3. The van der Waals surface area contributed by atoms with Crippen molar-refractivity contribution in [2.24, 2.45) is 0 Å². The van der Waals surface area contributed by atoms with Gasteiger partial charge < -0.3 is 19.5 Å². The summed E-state index contributed by atoms with van der Waals surface area (Å²) in [6.45, 7) is 8.00. The Hall–Kier alpha value is -5.20. The van der Waals surface area contributed by atoms with Crippen molar-refractivity contribution in [1.29, 1.82) is 0 Å². The van der Waals surface area contributed by atoms with Crippen LogP contribution in [0.1, 0.15) is 76.5 Å². The van der Waals surface area contributed by atoms with E-state index in [1.807, 2.05) is 43.2 Å². The summed E-state index contributed by atoms with van der Waals surface area (Å²) in [6.07, 6.45) is 8.15. The van der Waals surface area contributed by atoms with Crippen LogP contribution < -0.4 is 9.64 Å². The summed E-state index contributed by atoms with van der Waals surface area (Å²) < 4.78 is 148. The summed E-state index contributed by atoms with van der Waals surface area (Å²) in [5.41, 5.74) is 3.27. The summed E-state index contributed by atoms with van der Waals surface area (Å²) in [4.78, 5) is 12.5. The standard InChI is InChI=1S/C45H52N2O16S4/c1-44(2)35-27-33(66(56,57)58)15-17-37(35)46(23-5-7-25-64(50,51)52)40(44)20-12-31-29-62-39(43(31)63-32-13-9-30(10-14-32)11-22-42(48)49)19-21-41-45(3,4)36-28-34(67(59,60)61)16-18-38(36)47(41)24-6-8-26-65(53,54)55/h9-10,12-21,27-28H,5-8,11,22-26,29H2,1-4H3,(H4-,48,49,50,51,52,53,54,55,56,57,58,59,60,61)/p+1. The molecule has 0 aromatic heterocycles. The van der Waals surface area contributed by atoms with Gasteiger partial charge in [-0.15, -0.1) is 0 Å². The lowest BCUT2D eigenvalue weighted by Crippen LogP contribution is -2.28. The quantitative estimate of drug-likeness (QED) is 0.0465. The first-order valence-electron chi connectivity index (χ1n) is 21.1. The van der Waals surface area contributed by atoms with Crippen LogP contribution in [0.25, 0.3) is 0 Å². The summed E-state index contributed by atoms with van der Waals surface area (Å²) in [5.74, 6) is -0.914. The van der Waals surface area contributed by atoms with Crippen LogP contribution in [0.2, 0.25) is 0 Å². The third kappa shape index (κ3) is 12.3. The average molecular weight is 1010 g/mol. The molecule has 3 aliphatic rings. The lowest BCUT2D eigenvalue weighted by atomic mass is 9.81. The van der Waals surface area contributed by atoms with Gasteiger partial charge in [0, 0.05) is 59.5 Å². The number of anilines is 1.